The zero-order valence-corrected chi connectivity index (χ0v) is 31.2. The molecule has 0 spiro atoms. The zero-order chi connectivity index (χ0) is 30.7. The Kier molecular flexibility index (Phi) is 27.9. The number of carbonyl (C=O) groups excluding carboxylic acids is 2. The molecule has 0 amide bonds. The number of unbranched alkanes of at least 4 members (excludes halogenated alkanes) is 18. The van der Waals surface area contributed by atoms with E-state index in [9.17, 15) is 19.8 Å². The summed E-state index contributed by atoms with van der Waals surface area (Å²) in [6.45, 7) is 4.50. The predicted molar refractivity (Wildman–Crippen MR) is 178 cm³/mol. The summed E-state index contributed by atoms with van der Waals surface area (Å²) in [6.07, 6.45) is 27.7. The molecule has 0 atom stereocenters. The number of hydrogen-bond acceptors (Lipinski definition) is 4. The fourth-order valence-corrected chi connectivity index (χ4v) is 5.48. The first kappa shape index (κ1) is 41.3. The van der Waals surface area contributed by atoms with Crippen molar-refractivity contribution in [1.82, 2.24) is 0 Å². The average Bonchev–Trinajstić information content (AvgIpc) is 2.99. The molecule has 0 aliphatic heterocycles. The molecule has 2 aromatic carbocycles. The predicted octanol–water partition coefficient (Wildman–Crippen LogP) is 8.65. The molecule has 0 bridgehead atoms. The number of carboxylic acid groups (broad SMARTS) is 2. The standard InChI is InChI=1S/2C19H30O2.Pb/c2*1-2-3-4-5-6-7-8-9-10-11-14-17-15-12-13-16-18(17)19(20)21;/h2*12-13,15-16H,2-11,14H2,1H3,(H,20,21);/q;;+2/p-2. The van der Waals surface area contributed by atoms with Crippen molar-refractivity contribution in [3.63, 3.8) is 0 Å². The van der Waals surface area contributed by atoms with Crippen molar-refractivity contribution >= 4 is 39.2 Å². The summed E-state index contributed by atoms with van der Waals surface area (Å²) in [5.41, 5.74) is 2.54. The fourth-order valence-electron chi connectivity index (χ4n) is 5.48. The molecule has 2 rings (SSSR count). The molecule has 5 heteroatoms. The Bertz CT molecular complexity index is 881. The molecule has 2 aromatic rings. The van der Waals surface area contributed by atoms with E-state index in [0.29, 0.717) is 11.1 Å². The maximum absolute atomic E-state index is 11.0. The first-order valence-corrected chi connectivity index (χ1v) is 17.1. The second-order valence-corrected chi connectivity index (χ2v) is 11.8. The third-order valence-corrected chi connectivity index (χ3v) is 8.07. The van der Waals surface area contributed by atoms with Gasteiger partial charge in [-0.1, -0.05) is 178 Å². The van der Waals surface area contributed by atoms with Gasteiger partial charge < -0.3 is 19.8 Å². The smallest absolute Gasteiger partial charge is 0.545 e. The van der Waals surface area contributed by atoms with Crippen molar-refractivity contribution in [2.24, 2.45) is 0 Å². The Morgan fingerprint density at radius 3 is 0.977 bits per heavy atom. The monoisotopic (exact) mass is 786 g/mol. The van der Waals surface area contributed by atoms with Crippen LogP contribution in [0.3, 0.4) is 0 Å². The van der Waals surface area contributed by atoms with Gasteiger partial charge in [-0.15, -0.1) is 0 Å². The van der Waals surface area contributed by atoms with E-state index in [4.69, 9.17) is 0 Å². The summed E-state index contributed by atoms with van der Waals surface area (Å²) >= 11 is 0. The quantitative estimate of drug-likeness (QED) is 0.0789. The topological polar surface area (TPSA) is 80.3 Å². The maximum Gasteiger partial charge on any atom is 2.00 e. The molecule has 0 unspecified atom stereocenters. The van der Waals surface area contributed by atoms with E-state index in [-0.39, 0.29) is 27.3 Å². The summed E-state index contributed by atoms with van der Waals surface area (Å²) in [7, 11) is 0. The van der Waals surface area contributed by atoms with Gasteiger partial charge in [0.1, 0.15) is 0 Å². The molecule has 0 fully saturated rings. The van der Waals surface area contributed by atoms with Crippen molar-refractivity contribution in [2.45, 2.75) is 155 Å². The van der Waals surface area contributed by atoms with Gasteiger partial charge in [0.25, 0.3) is 0 Å². The van der Waals surface area contributed by atoms with E-state index in [1.165, 1.54) is 116 Å². The molecule has 43 heavy (non-hydrogen) atoms. The molecule has 0 heterocycles. The Hall–Kier alpha value is -1.70. The van der Waals surface area contributed by atoms with E-state index in [1.54, 1.807) is 24.3 Å². The van der Waals surface area contributed by atoms with Gasteiger partial charge in [0.05, 0.1) is 11.9 Å². The number of carbonyl (C=O) groups is 2. The first-order valence-electron chi connectivity index (χ1n) is 17.1. The van der Waals surface area contributed by atoms with Crippen LogP contribution in [0.5, 0.6) is 0 Å². The van der Waals surface area contributed by atoms with Gasteiger partial charge in [0.15, 0.2) is 0 Å². The molecule has 0 saturated carbocycles. The van der Waals surface area contributed by atoms with Gasteiger partial charge in [-0.3, -0.25) is 0 Å². The maximum atomic E-state index is 11.0. The van der Waals surface area contributed by atoms with Gasteiger partial charge in [-0.2, -0.15) is 0 Å². The van der Waals surface area contributed by atoms with Crippen molar-refractivity contribution in [3.05, 3.63) is 70.8 Å². The van der Waals surface area contributed by atoms with Crippen LogP contribution in [0.4, 0.5) is 0 Å². The Morgan fingerprint density at radius 1 is 0.442 bits per heavy atom. The number of hydrogen-bond donors (Lipinski definition) is 0. The normalized spacial score (nSPS) is 10.5. The number of aryl methyl sites for hydroxylation is 2. The summed E-state index contributed by atoms with van der Waals surface area (Å²) in [4.78, 5) is 22.0. The molecule has 0 N–H and O–H groups in total. The van der Waals surface area contributed by atoms with E-state index in [0.717, 1.165) is 36.8 Å². The average molecular weight is 786 g/mol. The summed E-state index contributed by atoms with van der Waals surface area (Å²) in [5, 5.41) is 22.0. The number of carboxylic acids is 2. The Morgan fingerprint density at radius 2 is 0.698 bits per heavy atom. The summed E-state index contributed by atoms with van der Waals surface area (Å²) in [5.74, 6) is -2.12. The molecule has 0 aliphatic rings. The van der Waals surface area contributed by atoms with E-state index < -0.39 is 11.9 Å². The van der Waals surface area contributed by atoms with Gasteiger partial charge in [0, 0.05) is 11.1 Å². The minimum absolute atomic E-state index is 0. The van der Waals surface area contributed by atoms with Crippen LogP contribution in [0.1, 0.15) is 174 Å². The van der Waals surface area contributed by atoms with Crippen LogP contribution < -0.4 is 10.2 Å². The summed E-state index contributed by atoms with van der Waals surface area (Å²) in [6, 6.07) is 14.4. The van der Waals surface area contributed by atoms with E-state index in [2.05, 4.69) is 13.8 Å². The second kappa shape index (κ2) is 29.0. The van der Waals surface area contributed by atoms with Gasteiger partial charge in [-0.05, 0) is 36.8 Å². The molecule has 4 nitrogen and oxygen atoms in total. The first-order chi connectivity index (χ1) is 20.5. The van der Waals surface area contributed by atoms with Gasteiger partial charge >= 0.3 is 27.3 Å². The van der Waals surface area contributed by atoms with E-state index in [1.807, 2.05) is 24.3 Å². The number of rotatable bonds is 24. The van der Waals surface area contributed by atoms with Crippen LogP contribution in [0, 0.1) is 0 Å². The van der Waals surface area contributed by atoms with Crippen molar-refractivity contribution in [1.29, 1.82) is 0 Å². The third-order valence-electron chi connectivity index (χ3n) is 8.07. The van der Waals surface area contributed by atoms with Gasteiger partial charge in [-0.25, -0.2) is 0 Å². The van der Waals surface area contributed by atoms with Crippen molar-refractivity contribution in [2.75, 3.05) is 0 Å². The zero-order valence-electron chi connectivity index (χ0n) is 27.3. The molecular formula is C38H58O4Pb. The number of benzene rings is 2. The molecular weight excluding hydrogens is 728 g/mol. The van der Waals surface area contributed by atoms with Crippen LogP contribution in [-0.4, -0.2) is 39.2 Å². The van der Waals surface area contributed by atoms with Crippen LogP contribution >= 0.6 is 0 Å². The van der Waals surface area contributed by atoms with Crippen molar-refractivity contribution < 1.29 is 19.8 Å². The second-order valence-electron chi connectivity index (χ2n) is 11.8. The molecule has 238 valence electrons. The van der Waals surface area contributed by atoms with Crippen LogP contribution in [-0.2, 0) is 12.8 Å². The van der Waals surface area contributed by atoms with Crippen LogP contribution in [0.25, 0.3) is 0 Å². The van der Waals surface area contributed by atoms with Gasteiger partial charge in [0.2, 0.25) is 0 Å². The minimum atomic E-state index is -1.06. The SMILES string of the molecule is CCCCCCCCCCCCc1ccccc1C(=O)[O-].CCCCCCCCCCCCc1ccccc1C(=O)[O-].[Pb+2]. The molecule has 0 aliphatic carbocycles. The fraction of sp³-hybridized carbons (Fsp3) is 0.632. The Labute approximate surface area is 283 Å². The van der Waals surface area contributed by atoms with Crippen LogP contribution in [0.2, 0.25) is 0 Å². The molecule has 0 saturated heterocycles. The van der Waals surface area contributed by atoms with Crippen molar-refractivity contribution in [3.8, 4) is 0 Å². The van der Waals surface area contributed by atoms with Crippen LogP contribution in [0.15, 0.2) is 48.5 Å². The number of aromatic carboxylic acids is 2. The molecule has 2 radical (unpaired) electrons. The largest absolute Gasteiger partial charge is 2.00 e. The van der Waals surface area contributed by atoms with E-state index >= 15 is 0 Å². The summed E-state index contributed by atoms with van der Waals surface area (Å²) < 4.78 is 0. The third kappa shape index (κ3) is 21.6. The minimum Gasteiger partial charge on any atom is -0.545 e. The molecule has 0 aromatic heterocycles. The Balaban J connectivity index is 0.000000802.